The third-order valence-electron chi connectivity index (χ3n) is 3.38. The number of benzene rings is 1. The summed E-state index contributed by atoms with van der Waals surface area (Å²) in [7, 11) is -1.30. The van der Waals surface area contributed by atoms with Gasteiger partial charge >= 0.3 is 0 Å². The fourth-order valence-electron chi connectivity index (χ4n) is 2.28. The van der Waals surface area contributed by atoms with Gasteiger partial charge in [0.15, 0.2) is 9.84 Å². The smallest absolute Gasteiger partial charge is 0.154 e. The van der Waals surface area contributed by atoms with E-state index in [4.69, 9.17) is 16.3 Å². The number of hydrogen-bond donors (Lipinski definition) is 1. The van der Waals surface area contributed by atoms with Gasteiger partial charge in [-0.15, -0.1) is 0 Å². The van der Waals surface area contributed by atoms with Crippen LogP contribution in [0.2, 0.25) is 5.02 Å². The van der Waals surface area contributed by atoms with Crippen molar-refractivity contribution in [2.24, 2.45) is 0 Å². The van der Waals surface area contributed by atoms with Gasteiger partial charge in [-0.05, 0) is 30.5 Å². The van der Waals surface area contributed by atoms with E-state index in [0.717, 1.165) is 18.4 Å². The Hall–Kier alpha value is -0.780. The maximum absolute atomic E-state index is 11.7. The summed E-state index contributed by atoms with van der Waals surface area (Å²) in [5.74, 6) is 0.969. The van der Waals surface area contributed by atoms with Gasteiger partial charge in [-0.1, -0.05) is 17.7 Å². The first kappa shape index (κ1) is 14.6. The number of halogens is 1. The topological polar surface area (TPSA) is 55.4 Å². The van der Waals surface area contributed by atoms with Gasteiger partial charge in [0, 0.05) is 13.1 Å². The van der Waals surface area contributed by atoms with E-state index in [1.54, 1.807) is 7.11 Å². The Morgan fingerprint density at radius 3 is 2.84 bits per heavy atom. The molecule has 1 aliphatic heterocycles. The number of hydrogen-bond acceptors (Lipinski definition) is 4. The lowest BCUT2D eigenvalue weighted by Gasteiger charge is -2.11. The van der Waals surface area contributed by atoms with Crippen molar-refractivity contribution in [3.05, 3.63) is 28.8 Å². The highest BCUT2D eigenvalue weighted by Gasteiger charge is 2.30. The van der Waals surface area contributed by atoms with Gasteiger partial charge in [-0.25, -0.2) is 8.42 Å². The predicted molar refractivity (Wildman–Crippen MR) is 76.5 cm³/mol. The third kappa shape index (κ3) is 3.61. The highest BCUT2D eigenvalue weighted by molar-refractivity contribution is 7.92. The molecule has 0 saturated carbocycles. The highest BCUT2D eigenvalue weighted by atomic mass is 35.5. The van der Waals surface area contributed by atoms with Crippen LogP contribution < -0.4 is 10.1 Å². The minimum Gasteiger partial charge on any atom is -0.495 e. The van der Waals surface area contributed by atoms with Gasteiger partial charge in [-0.3, -0.25) is 0 Å². The van der Waals surface area contributed by atoms with Crippen molar-refractivity contribution in [3.63, 3.8) is 0 Å². The minimum atomic E-state index is -2.87. The predicted octanol–water partition coefficient (Wildman–Crippen LogP) is 2.02. The van der Waals surface area contributed by atoms with Gasteiger partial charge < -0.3 is 10.1 Å². The zero-order valence-electron chi connectivity index (χ0n) is 10.9. The molecule has 0 amide bonds. The SMILES string of the molecule is COc1ccc(CNCC2CCCS2(=O)=O)cc1Cl. The van der Waals surface area contributed by atoms with Crippen molar-refractivity contribution in [2.75, 3.05) is 19.4 Å². The van der Waals surface area contributed by atoms with Crippen LogP contribution in [0.15, 0.2) is 18.2 Å². The van der Waals surface area contributed by atoms with E-state index in [2.05, 4.69) is 5.32 Å². The molecule has 1 atom stereocenters. The average molecular weight is 304 g/mol. The van der Waals surface area contributed by atoms with Gasteiger partial charge in [0.05, 0.1) is 23.1 Å². The molecule has 2 rings (SSSR count). The largest absolute Gasteiger partial charge is 0.495 e. The summed E-state index contributed by atoms with van der Waals surface area (Å²) < 4.78 is 28.4. The Balaban J connectivity index is 1.88. The maximum atomic E-state index is 11.7. The van der Waals surface area contributed by atoms with Crippen molar-refractivity contribution in [2.45, 2.75) is 24.6 Å². The lowest BCUT2D eigenvalue weighted by molar-refractivity contribution is 0.415. The summed E-state index contributed by atoms with van der Waals surface area (Å²) >= 11 is 6.03. The summed E-state index contributed by atoms with van der Waals surface area (Å²) in [4.78, 5) is 0. The molecule has 1 aliphatic rings. The van der Waals surface area contributed by atoms with Crippen molar-refractivity contribution >= 4 is 21.4 Å². The van der Waals surface area contributed by atoms with E-state index >= 15 is 0 Å². The summed E-state index contributed by atoms with van der Waals surface area (Å²) in [6, 6.07) is 5.56. The monoisotopic (exact) mass is 303 g/mol. The normalized spacial score (nSPS) is 21.5. The molecule has 1 saturated heterocycles. The molecule has 0 bridgehead atoms. The second-order valence-corrected chi connectivity index (χ2v) is 7.54. The van der Waals surface area contributed by atoms with E-state index in [0.29, 0.717) is 29.6 Å². The molecule has 1 heterocycles. The Kier molecular flexibility index (Phi) is 4.71. The third-order valence-corrected chi connectivity index (χ3v) is 5.95. The van der Waals surface area contributed by atoms with E-state index in [1.165, 1.54) is 0 Å². The molecule has 1 N–H and O–H groups in total. The number of rotatable bonds is 5. The zero-order valence-corrected chi connectivity index (χ0v) is 12.4. The van der Waals surface area contributed by atoms with Crippen LogP contribution in [0.1, 0.15) is 18.4 Å². The average Bonchev–Trinajstić information content (AvgIpc) is 2.69. The molecular weight excluding hydrogens is 286 g/mol. The summed E-state index contributed by atoms with van der Waals surface area (Å²) in [5, 5.41) is 3.52. The standard InChI is InChI=1S/C13H18ClNO3S/c1-18-13-5-4-10(7-12(13)14)8-15-9-11-3-2-6-19(11,16)17/h4-5,7,11,15H,2-3,6,8-9H2,1H3. The number of sulfone groups is 1. The quantitative estimate of drug-likeness (QED) is 0.904. The molecular formula is C13H18ClNO3S. The van der Waals surface area contributed by atoms with E-state index in [1.807, 2.05) is 18.2 Å². The van der Waals surface area contributed by atoms with Crippen LogP contribution in [-0.4, -0.2) is 33.1 Å². The minimum absolute atomic E-state index is 0.235. The number of ether oxygens (including phenoxy) is 1. The van der Waals surface area contributed by atoms with Crippen molar-refractivity contribution in [3.8, 4) is 5.75 Å². The first-order valence-electron chi connectivity index (χ1n) is 6.27. The fourth-order valence-corrected chi connectivity index (χ4v) is 4.37. The van der Waals surface area contributed by atoms with Crippen LogP contribution in [0.25, 0.3) is 0 Å². The Labute approximate surface area is 119 Å². The lowest BCUT2D eigenvalue weighted by Crippen LogP contribution is -2.30. The molecule has 1 aromatic rings. The van der Waals surface area contributed by atoms with Crippen molar-refractivity contribution in [1.29, 1.82) is 0 Å². The first-order chi connectivity index (χ1) is 9.03. The first-order valence-corrected chi connectivity index (χ1v) is 8.37. The summed E-state index contributed by atoms with van der Waals surface area (Å²) in [5.41, 5.74) is 1.01. The zero-order chi connectivity index (χ0) is 13.9. The van der Waals surface area contributed by atoms with Crippen LogP contribution in [0.3, 0.4) is 0 Å². The van der Waals surface area contributed by atoms with E-state index < -0.39 is 9.84 Å². The maximum Gasteiger partial charge on any atom is 0.154 e. The van der Waals surface area contributed by atoms with Gasteiger partial charge in [0.25, 0.3) is 0 Å². The van der Waals surface area contributed by atoms with Gasteiger partial charge in [0.1, 0.15) is 5.75 Å². The molecule has 1 fully saturated rings. The molecule has 6 heteroatoms. The highest BCUT2D eigenvalue weighted by Crippen LogP contribution is 2.25. The number of methoxy groups -OCH3 is 1. The van der Waals surface area contributed by atoms with Gasteiger partial charge in [-0.2, -0.15) is 0 Å². The second-order valence-electron chi connectivity index (χ2n) is 4.73. The van der Waals surface area contributed by atoms with Crippen molar-refractivity contribution < 1.29 is 13.2 Å². The Bertz CT molecular complexity index is 545. The lowest BCUT2D eigenvalue weighted by atomic mass is 10.2. The van der Waals surface area contributed by atoms with Gasteiger partial charge in [0.2, 0.25) is 0 Å². The molecule has 106 valence electrons. The van der Waals surface area contributed by atoms with E-state index in [-0.39, 0.29) is 5.25 Å². The second kappa shape index (κ2) is 6.11. The van der Waals surface area contributed by atoms with Crippen LogP contribution in [0.5, 0.6) is 5.75 Å². The van der Waals surface area contributed by atoms with Crippen LogP contribution in [0.4, 0.5) is 0 Å². The Morgan fingerprint density at radius 2 is 2.26 bits per heavy atom. The molecule has 0 radical (unpaired) electrons. The molecule has 0 aromatic heterocycles. The summed E-state index contributed by atoms with van der Waals surface area (Å²) in [6.07, 6.45) is 1.54. The molecule has 4 nitrogen and oxygen atoms in total. The summed E-state index contributed by atoms with van der Waals surface area (Å²) in [6.45, 7) is 1.11. The van der Waals surface area contributed by atoms with Crippen LogP contribution >= 0.6 is 11.6 Å². The molecule has 19 heavy (non-hydrogen) atoms. The fraction of sp³-hybridized carbons (Fsp3) is 0.538. The molecule has 0 spiro atoms. The molecule has 1 aromatic carbocycles. The van der Waals surface area contributed by atoms with E-state index in [9.17, 15) is 8.42 Å². The molecule has 1 unspecified atom stereocenters. The molecule has 0 aliphatic carbocycles. The van der Waals surface area contributed by atoms with Crippen molar-refractivity contribution in [1.82, 2.24) is 5.32 Å². The number of nitrogens with one attached hydrogen (secondary N) is 1. The van der Waals surface area contributed by atoms with Crippen LogP contribution in [0, 0.1) is 0 Å². The van der Waals surface area contributed by atoms with Crippen LogP contribution in [-0.2, 0) is 16.4 Å². The Morgan fingerprint density at radius 1 is 1.47 bits per heavy atom.